The SMILES string of the molecule is CC(Br)=CCB(c1ccccc1)c1cccc(F)c1.CCC=C(F)Cn1ccnc1. The Hall–Kier alpha value is -2.47. The molecule has 0 aliphatic carbocycles. The number of imidazole rings is 1. The van der Waals surface area contributed by atoms with Crippen molar-refractivity contribution in [1.82, 2.24) is 9.55 Å². The molecule has 0 amide bonds. The predicted molar refractivity (Wildman–Crippen MR) is 127 cm³/mol. The summed E-state index contributed by atoms with van der Waals surface area (Å²) >= 11 is 3.45. The molecular weight excluding hydrogens is 445 g/mol. The monoisotopic (exact) mass is 470 g/mol. The number of allylic oxidation sites excluding steroid dienone is 4. The van der Waals surface area contributed by atoms with Crippen molar-refractivity contribution < 1.29 is 8.78 Å². The maximum absolute atomic E-state index is 13.4. The van der Waals surface area contributed by atoms with Crippen LogP contribution in [0, 0.1) is 5.82 Å². The van der Waals surface area contributed by atoms with Gasteiger partial charge in [0.15, 0.2) is 0 Å². The number of halogens is 3. The fourth-order valence-electron chi connectivity index (χ4n) is 2.99. The zero-order valence-corrected chi connectivity index (χ0v) is 18.9. The van der Waals surface area contributed by atoms with E-state index in [0.717, 1.165) is 22.7 Å². The van der Waals surface area contributed by atoms with Crippen LogP contribution in [0.25, 0.3) is 0 Å². The van der Waals surface area contributed by atoms with Crippen molar-refractivity contribution in [2.75, 3.05) is 0 Å². The first-order valence-electron chi connectivity index (χ1n) is 9.92. The summed E-state index contributed by atoms with van der Waals surface area (Å²) in [6.07, 6.45) is 10.3. The number of aromatic nitrogens is 2. The molecule has 2 nitrogen and oxygen atoms in total. The topological polar surface area (TPSA) is 17.8 Å². The molecule has 30 heavy (non-hydrogen) atoms. The third-order valence-corrected chi connectivity index (χ3v) is 4.73. The van der Waals surface area contributed by atoms with Crippen LogP contribution in [-0.4, -0.2) is 16.3 Å². The summed E-state index contributed by atoms with van der Waals surface area (Å²) < 4.78 is 29.0. The molecule has 0 aliphatic heterocycles. The Bertz CT molecular complexity index is 937. The molecule has 0 saturated heterocycles. The van der Waals surface area contributed by atoms with Gasteiger partial charge in [-0.15, -0.1) is 0 Å². The van der Waals surface area contributed by atoms with E-state index in [1.165, 1.54) is 11.5 Å². The standard InChI is InChI=1S/C16H15BBrF.C8H11FN2/c1-13(18)10-11-17(14-6-3-2-4-7-14)15-8-5-9-16(19)12-15;1-2-3-8(9)6-11-5-4-10-7-11/h2-10,12H,11H2,1H3;3-5,7H,2,6H2,1H3. The Morgan fingerprint density at radius 2 is 1.83 bits per heavy atom. The maximum atomic E-state index is 13.4. The van der Waals surface area contributed by atoms with Gasteiger partial charge in [0.1, 0.15) is 11.6 Å². The summed E-state index contributed by atoms with van der Waals surface area (Å²) in [6, 6.07) is 17.1. The molecule has 2 aromatic carbocycles. The highest BCUT2D eigenvalue weighted by Crippen LogP contribution is 2.08. The molecule has 0 spiro atoms. The maximum Gasteiger partial charge on any atom is 0.213 e. The molecule has 3 rings (SSSR count). The molecular formula is C24H26BBrF2N2. The lowest BCUT2D eigenvalue weighted by atomic mass is 9.38. The lowest BCUT2D eigenvalue weighted by Crippen LogP contribution is -2.41. The minimum absolute atomic E-state index is 0.106. The van der Waals surface area contributed by atoms with Gasteiger partial charge in [0, 0.05) is 12.4 Å². The zero-order chi connectivity index (χ0) is 21.8. The molecule has 1 aromatic heterocycles. The molecule has 0 N–H and O–H groups in total. The average Bonchev–Trinajstić information content (AvgIpc) is 3.22. The quantitative estimate of drug-likeness (QED) is 0.394. The van der Waals surface area contributed by atoms with Crippen LogP contribution in [0.3, 0.4) is 0 Å². The number of hydrogen-bond donors (Lipinski definition) is 0. The molecule has 0 unspecified atom stereocenters. The third-order valence-electron chi connectivity index (χ3n) is 4.41. The van der Waals surface area contributed by atoms with E-state index < -0.39 is 0 Å². The van der Waals surface area contributed by atoms with Crippen molar-refractivity contribution in [3.8, 4) is 0 Å². The summed E-state index contributed by atoms with van der Waals surface area (Å²) in [7, 11) is 0. The second kappa shape index (κ2) is 13.0. The first-order chi connectivity index (χ1) is 14.5. The first kappa shape index (κ1) is 23.8. The zero-order valence-electron chi connectivity index (χ0n) is 17.3. The van der Waals surface area contributed by atoms with Gasteiger partial charge >= 0.3 is 0 Å². The normalized spacial score (nSPS) is 11.6. The number of nitrogens with zero attached hydrogens (tertiary/aromatic N) is 2. The molecule has 156 valence electrons. The summed E-state index contributed by atoms with van der Waals surface area (Å²) in [6.45, 7) is 4.40. The van der Waals surface area contributed by atoms with Crippen molar-refractivity contribution in [3.63, 3.8) is 0 Å². The molecule has 6 heteroatoms. The van der Waals surface area contributed by atoms with Crippen LogP contribution in [0.2, 0.25) is 6.32 Å². The minimum atomic E-state index is -0.182. The summed E-state index contributed by atoms with van der Waals surface area (Å²) in [5.74, 6) is -0.288. The second-order valence-electron chi connectivity index (χ2n) is 6.84. The van der Waals surface area contributed by atoms with E-state index in [-0.39, 0.29) is 18.4 Å². The van der Waals surface area contributed by atoms with Crippen molar-refractivity contribution in [3.05, 3.63) is 102 Å². The van der Waals surface area contributed by atoms with Gasteiger partial charge in [-0.25, -0.2) is 13.8 Å². The van der Waals surface area contributed by atoms with Crippen molar-refractivity contribution >= 4 is 33.6 Å². The van der Waals surface area contributed by atoms with Crippen molar-refractivity contribution in [2.24, 2.45) is 0 Å². The Balaban J connectivity index is 0.000000248. The largest absolute Gasteiger partial charge is 0.331 e. The predicted octanol–water partition coefficient (Wildman–Crippen LogP) is 5.88. The fourth-order valence-corrected chi connectivity index (χ4v) is 3.18. The molecule has 0 fully saturated rings. The summed E-state index contributed by atoms with van der Waals surface area (Å²) in [4.78, 5) is 3.80. The summed E-state index contributed by atoms with van der Waals surface area (Å²) in [5, 5.41) is 0. The minimum Gasteiger partial charge on any atom is -0.331 e. The lowest BCUT2D eigenvalue weighted by Gasteiger charge is -2.13. The van der Waals surface area contributed by atoms with Crippen LogP contribution >= 0.6 is 15.9 Å². The Morgan fingerprint density at radius 1 is 1.10 bits per heavy atom. The molecule has 1 heterocycles. The van der Waals surface area contributed by atoms with E-state index in [9.17, 15) is 8.78 Å². The van der Waals surface area contributed by atoms with Crippen LogP contribution in [-0.2, 0) is 6.54 Å². The van der Waals surface area contributed by atoms with Crippen LogP contribution in [0.4, 0.5) is 8.78 Å². The van der Waals surface area contributed by atoms with E-state index >= 15 is 0 Å². The van der Waals surface area contributed by atoms with E-state index in [1.54, 1.807) is 41.5 Å². The summed E-state index contributed by atoms with van der Waals surface area (Å²) in [5.41, 5.74) is 2.22. The van der Waals surface area contributed by atoms with Gasteiger partial charge in [0.2, 0.25) is 6.71 Å². The van der Waals surface area contributed by atoms with Gasteiger partial charge in [-0.3, -0.25) is 0 Å². The highest BCUT2D eigenvalue weighted by atomic mass is 79.9. The Kier molecular flexibility index (Phi) is 10.3. The van der Waals surface area contributed by atoms with Crippen LogP contribution in [0.15, 0.2) is 95.8 Å². The molecule has 3 aromatic rings. The van der Waals surface area contributed by atoms with Crippen LogP contribution < -0.4 is 10.9 Å². The molecule has 0 bridgehead atoms. The third kappa shape index (κ3) is 8.50. The Labute approximate surface area is 186 Å². The van der Waals surface area contributed by atoms with E-state index in [1.807, 2.05) is 38.1 Å². The van der Waals surface area contributed by atoms with Crippen molar-refractivity contribution in [1.29, 1.82) is 0 Å². The highest BCUT2D eigenvalue weighted by Gasteiger charge is 2.17. The van der Waals surface area contributed by atoms with Crippen molar-refractivity contribution in [2.45, 2.75) is 33.1 Å². The van der Waals surface area contributed by atoms with Gasteiger partial charge in [0.05, 0.1) is 12.9 Å². The molecule has 0 atom stereocenters. The molecule has 0 radical (unpaired) electrons. The number of rotatable bonds is 7. The average molecular weight is 471 g/mol. The number of benzene rings is 2. The first-order valence-corrected chi connectivity index (χ1v) is 10.7. The second-order valence-corrected chi connectivity index (χ2v) is 8.09. The van der Waals surface area contributed by atoms with Crippen LogP contribution in [0.5, 0.6) is 0 Å². The highest BCUT2D eigenvalue weighted by molar-refractivity contribution is 9.11. The van der Waals surface area contributed by atoms with Gasteiger partial charge in [-0.1, -0.05) is 88.4 Å². The lowest BCUT2D eigenvalue weighted by molar-refractivity contribution is 0.551. The molecule has 0 aliphatic rings. The molecule has 0 saturated carbocycles. The van der Waals surface area contributed by atoms with E-state index in [4.69, 9.17) is 0 Å². The van der Waals surface area contributed by atoms with Crippen LogP contribution in [0.1, 0.15) is 20.3 Å². The van der Waals surface area contributed by atoms with E-state index in [0.29, 0.717) is 6.54 Å². The van der Waals surface area contributed by atoms with E-state index in [2.05, 4.69) is 39.1 Å². The fraction of sp³-hybridized carbons (Fsp3) is 0.208. The van der Waals surface area contributed by atoms with Gasteiger partial charge in [-0.05, 0) is 36.3 Å². The van der Waals surface area contributed by atoms with Gasteiger partial charge in [-0.2, -0.15) is 0 Å². The smallest absolute Gasteiger partial charge is 0.213 e. The van der Waals surface area contributed by atoms with Gasteiger partial charge < -0.3 is 4.57 Å². The van der Waals surface area contributed by atoms with Gasteiger partial charge in [0.25, 0.3) is 0 Å². The number of hydrogen-bond acceptors (Lipinski definition) is 1. The Morgan fingerprint density at radius 3 is 2.43 bits per heavy atom.